The molecule has 1 N–H and O–H groups in total. The molecule has 0 saturated carbocycles. The van der Waals surface area contributed by atoms with E-state index < -0.39 is 0 Å². The molecule has 1 unspecified atom stereocenters. The highest BCUT2D eigenvalue weighted by molar-refractivity contribution is 5.44. The average molecular weight is 237 g/mol. The van der Waals surface area contributed by atoms with Gasteiger partial charge in [0.25, 0.3) is 0 Å². The molecule has 1 aliphatic heterocycles. The van der Waals surface area contributed by atoms with Crippen molar-refractivity contribution in [2.45, 2.75) is 12.5 Å². The summed E-state index contributed by atoms with van der Waals surface area (Å²) in [6, 6.07) is 5.99. The van der Waals surface area contributed by atoms with Gasteiger partial charge in [-0.05, 0) is 24.7 Å². The van der Waals surface area contributed by atoms with Gasteiger partial charge in [0, 0.05) is 20.1 Å². The van der Waals surface area contributed by atoms with Crippen molar-refractivity contribution in [3.05, 3.63) is 23.8 Å². The third-order valence-electron chi connectivity index (χ3n) is 2.82. The van der Waals surface area contributed by atoms with Crippen LogP contribution in [0.3, 0.4) is 0 Å². The van der Waals surface area contributed by atoms with Crippen molar-refractivity contribution < 1.29 is 14.2 Å². The molecule has 0 aliphatic carbocycles. The fourth-order valence-corrected chi connectivity index (χ4v) is 1.90. The zero-order valence-corrected chi connectivity index (χ0v) is 10.4. The Morgan fingerprint density at radius 2 is 2.06 bits per heavy atom. The number of hydrogen-bond acceptors (Lipinski definition) is 4. The van der Waals surface area contributed by atoms with Gasteiger partial charge < -0.3 is 19.5 Å². The predicted octanol–water partition coefficient (Wildman–Crippen LogP) is 1.75. The fraction of sp³-hybridized carbons (Fsp3) is 0.538. The van der Waals surface area contributed by atoms with E-state index in [1.54, 1.807) is 7.11 Å². The zero-order chi connectivity index (χ0) is 12.1. The predicted molar refractivity (Wildman–Crippen MR) is 65.7 cm³/mol. The Bertz CT molecular complexity index is 368. The quantitative estimate of drug-likeness (QED) is 0.866. The normalized spacial score (nSPS) is 16.4. The Balaban J connectivity index is 2.21. The summed E-state index contributed by atoms with van der Waals surface area (Å²) in [6.07, 6.45) is 0.964. The number of rotatable bonds is 4. The number of nitrogens with one attached hydrogen (secondary N) is 1. The molecule has 0 radical (unpaired) electrons. The lowest BCUT2D eigenvalue weighted by atomic mass is 10.1. The molecule has 1 aliphatic rings. The topological polar surface area (TPSA) is 39.7 Å². The largest absolute Gasteiger partial charge is 0.490 e. The Morgan fingerprint density at radius 1 is 1.29 bits per heavy atom. The lowest BCUT2D eigenvalue weighted by Crippen LogP contribution is -2.18. The number of methoxy groups -OCH3 is 1. The average Bonchev–Trinajstić information content (AvgIpc) is 2.60. The lowest BCUT2D eigenvalue weighted by molar-refractivity contribution is 0.104. The highest BCUT2D eigenvalue weighted by Gasteiger charge is 2.15. The van der Waals surface area contributed by atoms with Crippen LogP contribution in [0.2, 0.25) is 0 Å². The molecular formula is C13H19NO3. The van der Waals surface area contributed by atoms with Crippen LogP contribution in [0.15, 0.2) is 18.2 Å². The van der Waals surface area contributed by atoms with Gasteiger partial charge in [-0.15, -0.1) is 0 Å². The number of hydrogen-bond donors (Lipinski definition) is 1. The van der Waals surface area contributed by atoms with Crippen LogP contribution in [-0.4, -0.2) is 33.9 Å². The van der Waals surface area contributed by atoms with Crippen LogP contribution in [0.25, 0.3) is 0 Å². The molecule has 1 aromatic carbocycles. The molecule has 4 heteroatoms. The molecule has 0 saturated heterocycles. The number of ether oxygens (including phenoxy) is 3. The maximum atomic E-state index is 5.66. The first kappa shape index (κ1) is 12.2. The van der Waals surface area contributed by atoms with E-state index in [0.717, 1.165) is 36.6 Å². The second-order valence-corrected chi connectivity index (χ2v) is 4.04. The Kier molecular flexibility index (Phi) is 4.23. The van der Waals surface area contributed by atoms with Gasteiger partial charge in [0.15, 0.2) is 11.5 Å². The van der Waals surface area contributed by atoms with Gasteiger partial charge in [0.05, 0.1) is 19.3 Å². The van der Waals surface area contributed by atoms with Crippen molar-refractivity contribution in [1.82, 2.24) is 5.32 Å². The summed E-state index contributed by atoms with van der Waals surface area (Å²) >= 11 is 0. The molecule has 2 rings (SSSR count). The van der Waals surface area contributed by atoms with Gasteiger partial charge in [0.1, 0.15) is 0 Å². The van der Waals surface area contributed by atoms with Gasteiger partial charge in [0.2, 0.25) is 0 Å². The van der Waals surface area contributed by atoms with Crippen molar-refractivity contribution in [1.29, 1.82) is 0 Å². The molecule has 4 nitrogen and oxygen atoms in total. The molecule has 1 aromatic rings. The van der Waals surface area contributed by atoms with Crippen LogP contribution < -0.4 is 14.8 Å². The van der Waals surface area contributed by atoms with E-state index in [1.165, 1.54) is 0 Å². The molecule has 0 aromatic heterocycles. The number of benzene rings is 1. The minimum absolute atomic E-state index is 0.0390. The van der Waals surface area contributed by atoms with Crippen LogP contribution in [0.1, 0.15) is 18.1 Å². The summed E-state index contributed by atoms with van der Waals surface area (Å²) in [5, 5.41) is 3.11. The first-order valence-corrected chi connectivity index (χ1v) is 5.92. The lowest BCUT2D eigenvalue weighted by Gasteiger charge is -2.17. The van der Waals surface area contributed by atoms with Crippen molar-refractivity contribution in [3.8, 4) is 11.5 Å². The molecule has 1 heterocycles. The molecular weight excluding hydrogens is 218 g/mol. The summed E-state index contributed by atoms with van der Waals surface area (Å²) in [7, 11) is 3.63. The maximum Gasteiger partial charge on any atom is 0.161 e. The van der Waals surface area contributed by atoms with E-state index in [2.05, 4.69) is 5.32 Å². The molecule has 94 valence electrons. The van der Waals surface area contributed by atoms with E-state index in [9.17, 15) is 0 Å². The summed E-state index contributed by atoms with van der Waals surface area (Å²) < 4.78 is 16.7. The summed E-state index contributed by atoms with van der Waals surface area (Å²) in [5.41, 5.74) is 1.10. The van der Waals surface area contributed by atoms with Gasteiger partial charge in [-0.2, -0.15) is 0 Å². The van der Waals surface area contributed by atoms with Crippen LogP contribution in [0, 0.1) is 0 Å². The molecule has 0 spiro atoms. The van der Waals surface area contributed by atoms with E-state index in [0.29, 0.717) is 6.61 Å². The van der Waals surface area contributed by atoms with Gasteiger partial charge >= 0.3 is 0 Å². The van der Waals surface area contributed by atoms with Crippen molar-refractivity contribution in [2.24, 2.45) is 0 Å². The molecule has 17 heavy (non-hydrogen) atoms. The molecule has 0 bridgehead atoms. The van der Waals surface area contributed by atoms with Crippen molar-refractivity contribution in [3.63, 3.8) is 0 Å². The SMILES string of the molecule is CNCC(OC)c1ccc2c(c1)OCCCO2. The first-order valence-electron chi connectivity index (χ1n) is 5.92. The molecule has 0 fully saturated rings. The Morgan fingerprint density at radius 3 is 2.76 bits per heavy atom. The third kappa shape index (κ3) is 2.90. The minimum Gasteiger partial charge on any atom is -0.490 e. The standard InChI is InChI=1S/C13H19NO3/c1-14-9-13(15-2)10-4-5-11-12(8-10)17-7-3-6-16-11/h4-5,8,13-14H,3,6-7,9H2,1-2H3. The van der Waals surface area contributed by atoms with E-state index in [4.69, 9.17) is 14.2 Å². The number of fused-ring (bicyclic) bond motifs is 1. The van der Waals surface area contributed by atoms with Gasteiger partial charge in [-0.3, -0.25) is 0 Å². The first-order chi connectivity index (χ1) is 8.35. The van der Waals surface area contributed by atoms with Crippen molar-refractivity contribution in [2.75, 3.05) is 33.9 Å². The summed E-state index contributed by atoms with van der Waals surface area (Å²) in [5.74, 6) is 1.64. The maximum absolute atomic E-state index is 5.66. The monoisotopic (exact) mass is 237 g/mol. The Labute approximate surface area is 102 Å². The second-order valence-electron chi connectivity index (χ2n) is 4.04. The zero-order valence-electron chi connectivity index (χ0n) is 10.4. The van der Waals surface area contributed by atoms with E-state index in [1.807, 2.05) is 25.2 Å². The van der Waals surface area contributed by atoms with Gasteiger partial charge in [-0.1, -0.05) is 6.07 Å². The number of likely N-dealkylation sites (N-methyl/N-ethyl adjacent to an activating group) is 1. The minimum atomic E-state index is 0.0390. The van der Waals surface area contributed by atoms with E-state index >= 15 is 0 Å². The van der Waals surface area contributed by atoms with Crippen LogP contribution >= 0.6 is 0 Å². The van der Waals surface area contributed by atoms with Crippen molar-refractivity contribution >= 4 is 0 Å². The molecule has 0 amide bonds. The van der Waals surface area contributed by atoms with Crippen LogP contribution in [-0.2, 0) is 4.74 Å². The van der Waals surface area contributed by atoms with Crippen LogP contribution in [0.4, 0.5) is 0 Å². The molecule has 1 atom stereocenters. The Hall–Kier alpha value is -1.26. The van der Waals surface area contributed by atoms with Gasteiger partial charge in [-0.25, -0.2) is 0 Å². The smallest absolute Gasteiger partial charge is 0.161 e. The second kappa shape index (κ2) is 5.89. The summed E-state index contributed by atoms with van der Waals surface area (Å²) in [6.45, 7) is 2.20. The summed E-state index contributed by atoms with van der Waals surface area (Å²) in [4.78, 5) is 0. The van der Waals surface area contributed by atoms with E-state index in [-0.39, 0.29) is 6.10 Å². The van der Waals surface area contributed by atoms with Crippen LogP contribution in [0.5, 0.6) is 11.5 Å². The fourth-order valence-electron chi connectivity index (χ4n) is 1.90. The highest BCUT2D eigenvalue weighted by Crippen LogP contribution is 2.32. The highest BCUT2D eigenvalue weighted by atomic mass is 16.5. The third-order valence-corrected chi connectivity index (χ3v) is 2.82.